The largest absolute Gasteiger partial charge is 0.353 e. The number of aryl methyl sites for hydroxylation is 2. The topological polar surface area (TPSA) is 79.6 Å². The van der Waals surface area contributed by atoms with Crippen molar-refractivity contribution < 1.29 is 9.59 Å². The molecule has 2 aromatic carbocycles. The predicted molar refractivity (Wildman–Crippen MR) is 126 cm³/mol. The summed E-state index contributed by atoms with van der Waals surface area (Å²) in [5.74, 6) is -0.367. The lowest BCUT2D eigenvalue weighted by atomic mass is 9.93. The second-order valence-electron chi connectivity index (χ2n) is 8.37. The smallest absolute Gasteiger partial charge is 0.260 e. The standard InChI is InChI=1S/C26H25N5O2/c1-17-14-18(2)31-24(29-17)22(16-28-31)26(33)30-13-12-27-25(32)23(30)15-20-10-6-7-11-21(20)19-8-4-3-5-9-19/h3-11,14,16,23H,12-13,15H2,1-2H3,(H,27,32)/t23-/m0/s1. The van der Waals surface area contributed by atoms with Gasteiger partial charge in [-0.1, -0.05) is 54.6 Å². The lowest BCUT2D eigenvalue weighted by molar-refractivity contribution is -0.127. The zero-order valence-corrected chi connectivity index (χ0v) is 18.7. The number of carbonyl (C=O) groups excluding carboxylic acids is 2. The van der Waals surface area contributed by atoms with E-state index >= 15 is 0 Å². The van der Waals surface area contributed by atoms with Crippen LogP contribution in [0.3, 0.4) is 0 Å². The number of hydrogen-bond acceptors (Lipinski definition) is 4. The SMILES string of the molecule is Cc1cc(C)n2ncc(C(=O)N3CCNC(=O)[C@@H]3Cc3ccccc3-c3ccccc3)c2n1. The number of piperazine rings is 1. The molecule has 0 saturated carbocycles. The Balaban J connectivity index is 1.51. The molecule has 1 atom stereocenters. The number of aromatic nitrogens is 3. The number of fused-ring (bicyclic) bond motifs is 1. The Labute approximate surface area is 192 Å². The lowest BCUT2D eigenvalue weighted by Gasteiger charge is -2.35. The fourth-order valence-corrected chi connectivity index (χ4v) is 4.54. The molecule has 4 aromatic rings. The molecule has 33 heavy (non-hydrogen) atoms. The van der Waals surface area contributed by atoms with Crippen molar-refractivity contribution in [2.45, 2.75) is 26.3 Å². The van der Waals surface area contributed by atoms with E-state index < -0.39 is 6.04 Å². The molecule has 0 aliphatic carbocycles. The van der Waals surface area contributed by atoms with E-state index in [2.05, 4.69) is 33.6 Å². The minimum Gasteiger partial charge on any atom is -0.353 e. The van der Waals surface area contributed by atoms with Gasteiger partial charge < -0.3 is 10.2 Å². The fraction of sp³-hybridized carbons (Fsp3) is 0.231. The monoisotopic (exact) mass is 439 g/mol. The van der Waals surface area contributed by atoms with Crippen LogP contribution in [0.5, 0.6) is 0 Å². The van der Waals surface area contributed by atoms with E-state index in [1.54, 1.807) is 15.6 Å². The molecular weight excluding hydrogens is 414 g/mol. The minimum atomic E-state index is -0.614. The summed E-state index contributed by atoms with van der Waals surface area (Å²) in [5.41, 5.74) is 5.83. The number of amides is 2. The van der Waals surface area contributed by atoms with Gasteiger partial charge in [-0.25, -0.2) is 9.50 Å². The molecule has 7 heteroatoms. The van der Waals surface area contributed by atoms with Crippen LogP contribution in [0.1, 0.15) is 27.3 Å². The van der Waals surface area contributed by atoms with E-state index in [1.165, 1.54) is 0 Å². The second kappa shape index (κ2) is 8.50. The number of nitrogens with one attached hydrogen (secondary N) is 1. The van der Waals surface area contributed by atoms with Gasteiger partial charge in [0.2, 0.25) is 5.91 Å². The maximum atomic E-state index is 13.7. The van der Waals surface area contributed by atoms with Crippen molar-refractivity contribution in [1.82, 2.24) is 24.8 Å². The molecule has 1 fully saturated rings. The minimum absolute atomic E-state index is 0.144. The molecule has 166 valence electrons. The molecule has 1 aliphatic heterocycles. The molecule has 1 N–H and O–H groups in total. The average Bonchev–Trinajstić information content (AvgIpc) is 3.25. The molecular formula is C26H25N5O2. The molecule has 2 aromatic heterocycles. The normalized spacial score (nSPS) is 16.1. The van der Waals surface area contributed by atoms with Crippen LogP contribution in [-0.2, 0) is 11.2 Å². The molecule has 2 amide bonds. The number of nitrogens with zero attached hydrogens (tertiary/aromatic N) is 4. The van der Waals surface area contributed by atoms with Gasteiger partial charge in [-0.05, 0) is 36.6 Å². The summed E-state index contributed by atoms with van der Waals surface area (Å²) in [6.45, 7) is 4.68. The molecule has 0 radical (unpaired) electrons. The second-order valence-corrected chi connectivity index (χ2v) is 8.37. The van der Waals surface area contributed by atoms with Gasteiger partial charge in [-0.2, -0.15) is 5.10 Å². The summed E-state index contributed by atoms with van der Waals surface area (Å²) < 4.78 is 1.67. The number of hydrogen-bond donors (Lipinski definition) is 1. The van der Waals surface area contributed by atoms with E-state index in [-0.39, 0.29) is 11.8 Å². The van der Waals surface area contributed by atoms with E-state index in [0.29, 0.717) is 30.7 Å². The van der Waals surface area contributed by atoms with Crippen molar-refractivity contribution in [3.63, 3.8) is 0 Å². The van der Waals surface area contributed by atoms with Crippen LogP contribution < -0.4 is 5.32 Å². The highest BCUT2D eigenvalue weighted by molar-refractivity contribution is 6.02. The zero-order chi connectivity index (χ0) is 22.9. The molecule has 0 spiro atoms. The van der Waals surface area contributed by atoms with Gasteiger partial charge in [0.1, 0.15) is 11.6 Å². The maximum Gasteiger partial charge on any atom is 0.260 e. The Kier molecular flexibility index (Phi) is 5.38. The van der Waals surface area contributed by atoms with Gasteiger partial charge >= 0.3 is 0 Å². The van der Waals surface area contributed by atoms with E-state index in [4.69, 9.17) is 0 Å². The average molecular weight is 440 g/mol. The summed E-state index contributed by atoms with van der Waals surface area (Å²) in [6.07, 6.45) is 1.98. The third-order valence-corrected chi connectivity index (χ3v) is 6.12. The first-order valence-electron chi connectivity index (χ1n) is 11.1. The molecule has 5 rings (SSSR count). The zero-order valence-electron chi connectivity index (χ0n) is 18.7. The molecule has 3 heterocycles. The Bertz CT molecular complexity index is 1350. The lowest BCUT2D eigenvalue weighted by Crippen LogP contribution is -2.58. The fourth-order valence-electron chi connectivity index (χ4n) is 4.54. The van der Waals surface area contributed by atoms with Gasteiger partial charge in [0, 0.05) is 30.9 Å². The molecule has 1 aliphatic rings. The van der Waals surface area contributed by atoms with Crippen molar-refractivity contribution in [2.24, 2.45) is 0 Å². The highest BCUT2D eigenvalue weighted by atomic mass is 16.2. The van der Waals surface area contributed by atoms with E-state index in [9.17, 15) is 9.59 Å². The quantitative estimate of drug-likeness (QED) is 0.530. The van der Waals surface area contributed by atoms with Crippen LogP contribution in [0.4, 0.5) is 0 Å². The highest BCUT2D eigenvalue weighted by Crippen LogP contribution is 2.26. The van der Waals surface area contributed by atoms with Gasteiger partial charge in [0.05, 0.1) is 6.20 Å². The van der Waals surface area contributed by atoms with Crippen LogP contribution >= 0.6 is 0 Å². The first kappa shape index (κ1) is 20.9. The summed E-state index contributed by atoms with van der Waals surface area (Å²) in [4.78, 5) is 32.8. The van der Waals surface area contributed by atoms with Gasteiger partial charge in [-0.3, -0.25) is 9.59 Å². The predicted octanol–water partition coefficient (Wildman–Crippen LogP) is 3.20. The molecule has 1 saturated heterocycles. The summed E-state index contributed by atoms with van der Waals surface area (Å²) in [7, 11) is 0. The summed E-state index contributed by atoms with van der Waals surface area (Å²) >= 11 is 0. The van der Waals surface area contributed by atoms with Crippen molar-refractivity contribution in [3.8, 4) is 11.1 Å². The number of benzene rings is 2. The van der Waals surface area contributed by atoms with Gasteiger partial charge in [0.25, 0.3) is 5.91 Å². The number of rotatable bonds is 4. The van der Waals surface area contributed by atoms with Crippen molar-refractivity contribution >= 4 is 17.5 Å². The molecule has 0 bridgehead atoms. The van der Waals surface area contributed by atoms with Crippen molar-refractivity contribution in [2.75, 3.05) is 13.1 Å². The third-order valence-electron chi connectivity index (χ3n) is 6.12. The maximum absolute atomic E-state index is 13.7. The van der Waals surface area contributed by atoms with Gasteiger partial charge in [0.15, 0.2) is 5.65 Å². The Morgan fingerprint density at radius 1 is 1.09 bits per heavy atom. The first-order chi connectivity index (χ1) is 16.0. The highest BCUT2D eigenvalue weighted by Gasteiger charge is 2.35. The molecule has 0 unspecified atom stereocenters. The first-order valence-corrected chi connectivity index (χ1v) is 11.1. The van der Waals surface area contributed by atoms with E-state index in [1.807, 2.05) is 56.3 Å². The third kappa shape index (κ3) is 3.86. The Hall–Kier alpha value is -4.00. The van der Waals surface area contributed by atoms with Crippen LogP contribution in [-0.4, -0.2) is 50.4 Å². The Morgan fingerprint density at radius 3 is 2.67 bits per heavy atom. The van der Waals surface area contributed by atoms with Crippen LogP contribution in [0.15, 0.2) is 66.9 Å². The summed E-state index contributed by atoms with van der Waals surface area (Å²) in [5, 5.41) is 7.29. The van der Waals surface area contributed by atoms with Gasteiger partial charge in [-0.15, -0.1) is 0 Å². The van der Waals surface area contributed by atoms with Crippen molar-refractivity contribution in [3.05, 3.63) is 89.4 Å². The van der Waals surface area contributed by atoms with E-state index in [0.717, 1.165) is 28.1 Å². The van der Waals surface area contributed by atoms with Crippen LogP contribution in [0.2, 0.25) is 0 Å². The van der Waals surface area contributed by atoms with Crippen LogP contribution in [0.25, 0.3) is 16.8 Å². The van der Waals surface area contributed by atoms with Crippen LogP contribution in [0, 0.1) is 13.8 Å². The molecule has 7 nitrogen and oxygen atoms in total. The van der Waals surface area contributed by atoms with Crippen molar-refractivity contribution in [1.29, 1.82) is 0 Å². The summed E-state index contributed by atoms with van der Waals surface area (Å²) in [6, 6.07) is 19.4. The number of carbonyl (C=O) groups is 2. The Morgan fingerprint density at radius 2 is 1.85 bits per heavy atom.